The van der Waals surface area contributed by atoms with Crippen LogP contribution < -0.4 is 0 Å². The maximum Gasteiger partial charge on any atom is 0.133 e. The Bertz CT molecular complexity index is 495. The fourth-order valence-electron chi connectivity index (χ4n) is 1.51. The Morgan fingerprint density at radius 1 is 1.18 bits per heavy atom. The Morgan fingerprint density at radius 3 is 2.59 bits per heavy atom. The zero-order valence-corrected chi connectivity index (χ0v) is 11.0. The largest absolute Gasteiger partial charge is 0.461 e. The molecule has 0 saturated carbocycles. The van der Waals surface area contributed by atoms with E-state index in [0.29, 0.717) is 0 Å². The van der Waals surface area contributed by atoms with Crippen LogP contribution in [0.1, 0.15) is 6.42 Å². The van der Waals surface area contributed by atoms with Gasteiger partial charge in [0.15, 0.2) is 0 Å². The van der Waals surface area contributed by atoms with Crippen molar-refractivity contribution in [3.63, 3.8) is 0 Å². The van der Waals surface area contributed by atoms with Gasteiger partial charge in [-0.1, -0.05) is 58.9 Å². The summed E-state index contributed by atoms with van der Waals surface area (Å²) in [6.45, 7) is 3.74. The Kier molecular flexibility index (Phi) is 3.99. The highest BCUT2D eigenvalue weighted by atomic mass is 79.9. The molecular formula is C15H13BrO. The maximum atomic E-state index is 5.35. The van der Waals surface area contributed by atoms with Crippen molar-refractivity contribution in [1.29, 1.82) is 0 Å². The highest BCUT2D eigenvalue weighted by Gasteiger charge is 2.13. The van der Waals surface area contributed by atoms with Crippen molar-refractivity contribution in [3.8, 4) is 0 Å². The van der Waals surface area contributed by atoms with Crippen molar-refractivity contribution in [2.45, 2.75) is 6.42 Å². The van der Waals surface area contributed by atoms with Gasteiger partial charge in [0.05, 0.1) is 0 Å². The van der Waals surface area contributed by atoms with Gasteiger partial charge in [-0.2, -0.15) is 0 Å². The average Bonchev–Trinajstić information content (AvgIpc) is 2.78. The minimum Gasteiger partial charge on any atom is -0.461 e. The number of fused-ring (bicyclic) bond motifs is 1. The van der Waals surface area contributed by atoms with Crippen LogP contribution in [-0.4, -0.2) is 0 Å². The summed E-state index contributed by atoms with van der Waals surface area (Å²) in [5.74, 6) is 1.77. The van der Waals surface area contributed by atoms with E-state index >= 15 is 0 Å². The van der Waals surface area contributed by atoms with E-state index in [-0.39, 0.29) is 0 Å². The summed E-state index contributed by atoms with van der Waals surface area (Å²) in [6, 6.07) is 9.97. The summed E-state index contributed by atoms with van der Waals surface area (Å²) < 4.78 is 6.48. The normalized spacial score (nSPS) is 16.2. The molecule has 0 bridgehead atoms. The first-order valence-corrected chi connectivity index (χ1v) is 6.20. The molecule has 1 heterocycles. The molecule has 2 heteroatoms. The minimum absolute atomic E-state index is 0.832. The molecule has 1 aliphatic carbocycles. The monoisotopic (exact) mass is 288 g/mol. The van der Waals surface area contributed by atoms with Gasteiger partial charge in [-0.15, -0.1) is 0 Å². The van der Waals surface area contributed by atoms with Crippen LogP contribution in [0.15, 0.2) is 82.8 Å². The molecule has 17 heavy (non-hydrogen) atoms. The van der Waals surface area contributed by atoms with E-state index in [4.69, 9.17) is 4.74 Å². The first-order chi connectivity index (χ1) is 8.25. The Balaban J connectivity index is 0.000000136. The lowest BCUT2D eigenvalue weighted by Crippen LogP contribution is -1.97. The van der Waals surface area contributed by atoms with Crippen molar-refractivity contribution in [3.05, 3.63) is 82.8 Å². The number of rotatable bonds is 0. The molecule has 0 saturated heterocycles. The van der Waals surface area contributed by atoms with Gasteiger partial charge in [0.2, 0.25) is 0 Å². The third-order valence-corrected chi connectivity index (χ3v) is 2.87. The van der Waals surface area contributed by atoms with Gasteiger partial charge in [0, 0.05) is 16.5 Å². The second-order valence-corrected chi connectivity index (χ2v) is 4.61. The molecule has 0 N–H and O–H groups in total. The third-order valence-electron chi connectivity index (χ3n) is 2.34. The summed E-state index contributed by atoms with van der Waals surface area (Å²) in [7, 11) is 0. The Hall–Kier alpha value is -1.54. The summed E-state index contributed by atoms with van der Waals surface area (Å²) in [6.07, 6.45) is 8.95. The molecule has 1 aromatic rings. The topological polar surface area (TPSA) is 9.23 Å². The summed E-state index contributed by atoms with van der Waals surface area (Å²) in [5, 5.41) is 0. The number of ether oxygens (including phenoxy) is 1. The van der Waals surface area contributed by atoms with Crippen LogP contribution in [0.5, 0.6) is 0 Å². The van der Waals surface area contributed by atoms with E-state index in [0.717, 1.165) is 22.4 Å². The van der Waals surface area contributed by atoms with Crippen LogP contribution in [0, 0.1) is 0 Å². The predicted octanol–water partition coefficient (Wildman–Crippen LogP) is 4.75. The summed E-state index contributed by atoms with van der Waals surface area (Å²) >= 11 is 3.31. The molecule has 1 aliphatic heterocycles. The van der Waals surface area contributed by atoms with Crippen LogP contribution in [0.2, 0.25) is 0 Å². The molecule has 0 atom stereocenters. The fourth-order valence-corrected chi connectivity index (χ4v) is 1.82. The number of benzene rings is 1. The Morgan fingerprint density at radius 2 is 1.94 bits per heavy atom. The molecule has 1 nitrogen and oxygen atoms in total. The standard InChI is InChI=1S/C9H8O.C6H5Br/c1-7-5-6-8-3-2-4-9(8)10-7;7-6-4-2-1-3-5-6/h2-4,6H,1,5H2;1-5H. The second-order valence-electron chi connectivity index (χ2n) is 3.69. The predicted molar refractivity (Wildman–Crippen MR) is 74.3 cm³/mol. The van der Waals surface area contributed by atoms with Crippen molar-refractivity contribution in [1.82, 2.24) is 0 Å². The first-order valence-electron chi connectivity index (χ1n) is 5.41. The van der Waals surface area contributed by atoms with Crippen LogP contribution in [0.3, 0.4) is 0 Å². The average molecular weight is 289 g/mol. The van der Waals surface area contributed by atoms with Crippen molar-refractivity contribution < 1.29 is 4.74 Å². The smallest absolute Gasteiger partial charge is 0.133 e. The fraction of sp³-hybridized carbons (Fsp3) is 0.0667. The van der Waals surface area contributed by atoms with Crippen molar-refractivity contribution >= 4 is 15.9 Å². The number of hydrogen-bond donors (Lipinski definition) is 0. The molecule has 0 unspecified atom stereocenters. The molecule has 86 valence electrons. The van der Waals surface area contributed by atoms with Crippen molar-refractivity contribution in [2.24, 2.45) is 0 Å². The van der Waals surface area contributed by atoms with Crippen LogP contribution >= 0.6 is 15.9 Å². The molecule has 0 amide bonds. The SMILES string of the molecule is Brc1ccccc1.C=C1CC=C2C=CC=C2O1. The molecule has 0 spiro atoms. The van der Waals surface area contributed by atoms with E-state index in [2.05, 4.69) is 28.6 Å². The molecule has 1 aromatic carbocycles. The number of allylic oxidation sites excluding steroid dienone is 4. The number of hydrogen-bond acceptors (Lipinski definition) is 1. The van der Waals surface area contributed by atoms with E-state index in [9.17, 15) is 0 Å². The lowest BCUT2D eigenvalue weighted by molar-refractivity contribution is 0.303. The van der Waals surface area contributed by atoms with E-state index in [1.807, 2.05) is 48.6 Å². The van der Waals surface area contributed by atoms with Gasteiger partial charge in [0.1, 0.15) is 11.5 Å². The van der Waals surface area contributed by atoms with Crippen LogP contribution in [0.4, 0.5) is 0 Å². The molecule has 0 fully saturated rings. The van der Waals surface area contributed by atoms with E-state index < -0.39 is 0 Å². The van der Waals surface area contributed by atoms with Gasteiger partial charge in [-0.05, 0) is 18.2 Å². The van der Waals surface area contributed by atoms with Gasteiger partial charge in [-0.25, -0.2) is 0 Å². The maximum absolute atomic E-state index is 5.35. The first kappa shape index (κ1) is 11.9. The van der Waals surface area contributed by atoms with Gasteiger partial charge >= 0.3 is 0 Å². The molecular weight excluding hydrogens is 276 g/mol. The van der Waals surface area contributed by atoms with Gasteiger partial charge in [-0.3, -0.25) is 0 Å². The quantitative estimate of drug-likeness (QED) is 0.669. The van der Waals surface area contributed by atoms with Crippen molar-refractivity contribution in [2.75, 3.05) is 0 Å². The van der Waals surface area contributed by atoms with E-state index in [1.54, 1.807) is 0 Å². The third kappa shape index (κ3) is 3.46. The lowest BCUT2D eigenvalue weighted by atomic mass is 10.1. The van der Waals surface area contributed by atoms with Gasteiger partial charge < -0.3 is 4.74 Å². The minimum atomic E-state index is 0.832. The molecule has 3 rings (SSSR count). The highest BCUT2D eigenvalue weighted by molar-refractivity contribution is 9.10. The summed E-state index contributed by atoms with van der Waals surface area (Å²) in [4.78, 5) is 0. The molecule has 0 radical (unpaired) electrons. The molecule has 0 aromatic heterocycles. The van der Waals surface area contributed by atoms with Gasteiger partial charge in [0.25, 0.3) is 0 Å². The summed E-state index contributed by atoms with van der Waals surface area (Å²) in [5.41, 5.74) is 1.19. The lowest BCUT2D eigenvalue weighted by Gasteiger charge is -2.14. The van der Waals surface area contributed by atoms with E-state index in [1.165, 1.54) is 5.57 Å². The second kappa shape index (κ2) is 5.69. The zero-order valence-electron chi connectivity index (χ0n) is 9.40. The zero-order chi connectivity index (χ0) is 12.1. The van der Waals surface area contributed by atoms with Crippen LogP contribution in [-0.2, 0) is 4.74 Å². The van der Waals surface area contributed by atoms with Crippen LogP contribution in [0.25, 0.3) is 0 Å². The number of halogens is 1. The Labute approximate surface area is 110 Å². The highest BCUT2D eigenvalue weighted by Crippen LogP contribution is 2.28. The molecule has 2 aliphatic rings.